The van der Waals surface area contributed by atoms with Gasteiger partial charge in [0.15, 0.2) is 5.09 Å². The van der Waals surface area contributed by atoms with Crippen LogP contribution in [0.1, 0.15) is 46.7 Å². The molecule has 1 aromatic carbocycles. The van der Waals surface area contributed by atoms with E-state index in [1.165, 1.54) is 23.9 Å². The minimum atomic E-state index is -4.73. The van der Waals surface area contributed by atoms with Gasteiger partial charge in [0.05, 0.1) is 10.5 Å². The van der Waals surface area contributed by atoms with E-state index in [1.807, 2.05) is 20.1 Å². The van der Waals surface area contributed by atoms with Crippen LogP contribution in [0, 0.1) is 12.8 Å². The smallest absolute Gasteiger partial charge is 0.341 e. The van der Waals surface area contributed by atoms with Gasteiger partial charge in [-0.3, -0.25) is 9.59 Å². The zero-order valence-corrected chi connectivity index (χ0v) is 19.8. The Balaban J connectivity index is 2.07. The largest absolute Gasteiger partial charge is 0.454 e. The molecule has 0 bridgehead atoms. The van der Waals surface area contributed by atoms with Crippen LogP contribution in [0.3, 0.4) is 0 Å². The summed E-state index contributed by atoms with van der Waals surface area (Å²) in [5, 5.41) is 6.22. The van der Waals surface area contributed by atoms with E-state index >= 15 is 0 Å². The van der Waals surface area contributed by atoms with Crippen LogP contribution in [0.25, 0.3) is 0 Å². The van der Waals surface area contributed by atoms with Crippen LogP contribution < -0.4 is 10.6 Å². The Morgan fingerprint density at radius 2 is 1.75 bits per heavy atom. The number of thioether (sulfide) groups is 1. The van der Waals surface area contributed by atoms with Crippen LogP contribution in [0.4, 0.5) is 8.78 Å². The van der Waals surface area contributed by atoms with Crippen LogP contribution in [-0.4, -0.2) is 44.8 Å². The molecule has 1 heterocycles. The predicted molar refractivity (Wildman–Crippen MR) is 118 cm³/mol. The van der Waals surface area contributed by atoms with Gasteiger partial charge in [-0.1, -0.05) is 25.6 Å². The van der Waals surface area contributed by atoms with Crippen molar-refractivity contribution in [1.29, 1.82) is 0 Å². The molecule has 11 heteroatoms. The zero-order chi connectivity index (χ0) is 24.1. The average Bonchev–Trinajstić information content (AvgIpc) is 3.12. The number of aryl methyl sites for hydroxylation is 1. The lowest BCUT2D eigenvalue weighted by atomic mass is 10.0. The number of alkyl halides is 2. The van der Waals surface area contributed by atoms with Crippen molar-refractivity contribution in [1.82, 2.24) is 10.6 Å². The van der Waals surface area contributed by atoms with E-state index < -0.39 is 32.4 Å². The van der Waals surface area contributed by atoms with E-state index in [9.17, 15) is 26.8 Å². The summed E-state index contributed by atoms with van der Waals surface area (Å²) in [6.45, 7) is 5.80. The maximum Gasteiger partial charge on any atom is 0.341 e. The molecule has 0 spiro atoms. The Bertz CT molecular complexity index is 1050. The van der Waals surface area contributed by atoms with Crippen molar-refractivity contribution in [2.75, 3.05) is 12.8 Å². The highest BCUT2D eigenvalue weighted by Crippen LogP contribution is 2.22. The number of carbonyl (C=O) groups is 2. The van der Waals surface area contributed by atoms with E-state index in [0.717, 1.165) is 12.1 Å². The van der Waals surface area contributed by atoms with Crippen molar-refractivity contribution >= 4 is 33.4 Å². The van der Waals surface area contributed by atoms with Gasteiger partial charge in [-0.05, 0) is 49.8 Å². The molecule has 2 aromatic rings. The summed E-state index contributed by atoms with van der Waals surface area (Å²) in [6.07, 6.45) is 2.41. The minimum absolute atomic E-state index is 0.119. The first-order valence-electron chi connectivity index (χ1n) is 9.81. The van der Waals surface area contributed by atoms with Crippen molar-refractivity contribution < 1.29 is 31.2 Å². The van der Waals surface area contributed by atoms with Gasteiger partial charge >= 0.3 is 5.76 Å². The van der Waals surface area contributed by atoms with Crippen molar-refractivity contribution in [2.24, 2.45) is 5.92 Å². The highest BCUT2D eigenvalue weighted by Gasteiger charge is 2.27. The second-order valence-corrected chi connectivity index (χ2v) is 10.3. The molecular weight excluding hydrogens is 462 g/mol. The van der Waals surface area contributed by atoms with Gasteiger partial charge in [0.2, 0.25) is 9.84 Å². The first-order valence-corrected chi connectivity index (χ1v) is 12.6. The van der Waals surface area contributed by atoms with Gasteiger partial charge in [-0.2, -0.15) is 8.78 Å². The number of amides is 2. The molecule has 1 aromatic heterocycles. The van der Waals surface area contributed by atoms with E-state index in [1.54, 1.807) is 13.0 Å². The summed E-state index contributed by atoms with van der Waals surface area (Å²) in [4.78, 5) is 24.6. The van der Waals surface area contributed by atoms with Crippen molar-refractivity contribution in [3.05, 3.63) is 47.2 Å². The molecule has 32 heavy (non-hydrogen) atoms. The fraction of sp³-hybridized carbons (Fsp3) is 0.429. The number of rotatable bonds is 10. The zero-order valence-electron chi connectivity index (χ0n) is 18.1. The van der Waals surface area contributed by atoms with Crippen molar-refractivity contribution in [3.8, 4) is 0 Å². The highest BCUT2D eigenvalue weighted by molar-refractivity contribution is 7.98. The first kappa shape index (κ1) is 25.9. The van der Waals surface area contributed by atoms with Crippen molar-refractivity contribution in [2.45, 2.75) is 49.0 Å². The monoisotopic (exact) mass is 488 g/mol. The molecule has 1 unspecified atom stereocenters. The first-order chi connectivity index (χ1) is 14.9. The van der Waals surface area contributed by atoms with Crippen LogP contribution in [0.15, 0.2) is 44.7 Å². The minimum Gasteiger partial charge on any atom is -0.454 e. The Morgan fingerprint density at radius 1 is 1.12 bits per heavy atom. The second-order valence-electron chi connectivity index (χ2n) is 7.58. The highest BCUT2D eigenvalue weighted by atomic mass is 32.2. The molecule has 0 aliphatic rings. The number of sulfone groups is 1. The topological polar surface area (TPSA) is 105 Å². The van der Waals surface area contributed by atoms with Gasteiger partial charge in [-0.15, -0.1) is 0 Å². The molecule has 0 saturated heterocycles. The third-order valence-corrected chi connectivity index (χ3v) is 6.62. The molecular formula is C21H26F2N2O5S2. The van der Waals surface area contributed by atoms with Gasteiger partial charge in [-0.25, -0.2) is 8.42 Å². The molecule has 2 N–H and O–H groups in total. The summed E-state index contributed by atoms with van der Waals surface area (Å²) < 4.78 is 53.8. The summed E-state index contributed by atoms with van der Waals surface area (Å²) in [5.41, 5.74) is 0.536. The summed E-state index contributed by atoms with van der Waals surface area (Å²) in [6, 6.07) is 5.55. The lowest BCUT2D eigenvalue weighted by Gasteiger charge is -2.21. The Hall–Kier alpha value is -2.40. The maximum absolute atomic E-state index is 12.7. The molecule has 7 nitrogen and oxygen atoms in total. The Morgan fingerprint density at radius 3 is 2.25 bits per heavy atom. The molecule has 0 radical (unpaired) electrons. The van der Waals surface area contributed by atoms with Crippen LogP contribution in [0.5, 0.6) is 0 Å². The SMILES string of the molecule is CSc1cc(C(=O)NCC(CC(C)C)NC(=O)c2ccc(S(=O)(=O)C(F)F)cc2)c(C)o1. The lowest BCUT2D eigenvalue weighted by Crippen LogP contribution is -2.44. The maximum atomic E-state index is 12.7. The number of furan rings is 1. The molecule has 0 aliphatic carbocycles. The standard InChI is InChI=1S/C21H26F2N2O5S2/c1-12(2)9-15(11-24-20(27)17-10-18(31-4)30-13(17)3)25-19(26)14-5-7-16(8-6-14)32(28,29)21(22)23/h5-8,10,12,15,21H,9,11H2,1-4H3,(H,24,27)(H,25,26). The van der Waals surface area contributed by atoms with E-state index in [0.29, 0.717) is 22.8 Å². The van der Waals surface area contributed by atoms with Crippen LogP contribution in [0.2, 0.25) is 0 Å². The van der Waals surface area contributed by atoms with E-state index in [2.05, 4.69) is 10.6 Å². The number of hydrogen-bond donors (Lipinski definition) is 2. The normalized spacial score (nSPS) is 12.8. The van der Waals surface area contributed by atoms with Gasteiger partial charge < -0.3 is 15.1 Å². The molecule has 0 saturated carbocycles. The Labute approximate surface area is 190 Å². The summed E-state index contributed by atoms with van der Waals surface area (Å²) >= 11 is 1.38. The van der Waals surface area contributed by atoms with Gasteiger partial charge in [0, 0.05) is 24.2 Å². The third-order valence-electron chi connectivity index (χ3n) is 4.62. The van der Waals surface area contributed by atoms with Crippen molar-refractivity contribution in [3.63, 3.8) is 0 Å². The average molecular weight is 489 g/mol. The molecule has 0 fully saturated rings. The molecule has 0 aliphatic heterocycles. The van der Waals surface area contributed by atoms with Crippen LogP contribution in [-0.2, 0) is 9.84 Å². The predicted octanol–water partition coefficient (Wildman–Crippen LogP) is 3.88. The second kappa shape index (κ2) is 11.0. The molecule has 176 valence electrons. The third kappa shape index (κ3) is 6.55. The van der Waals surface area contributed by atoms with Gasteiger partial charge in [0.1, 0.15) is 5.76 Å². The van der Waals surface area contributed by atoms with Crippen LogP contribution >= 0.6 is 11.8 Å². The summed E-state index contributed by atoms with van der Waals surface area (Å²) in [7, 11) is -4.73. The van der Waals surface area contributed by atoms with Gasteiger partial charge in [0.25, 0.3) is 11.8 Å². The quantitative estimate of drug-likeness (QED) is 0.492. The van der Waals surface area contributed by atoms with E-state index in [4.69, 9.17) is 4.42 Å². The number of hydrogen-bond acceptors (Lipinski definition) is 6. The molecule has 2 amide bonds. The Kier molecular flexibility index (Phi) is 8.85. The number of halogens is 2. The fourth-order valence-electron chi connectivity index (χ4n) is 3.02. The fourth-order valence-corrected chi connectivity index (χ4v) is 4.19. The summed E-state index contributed by atoms with van der Waals surface area (Å²) in [5.74, 6) is -3.65. The molecule has 1 atom stereocenters. The number of benzene rings is 1. The number of nitrogens with one attached hydrogen (secondary N) is 2. The molecule has 2 rings (SSSR count). The van der Waals surface area contributed by atoms with E-state index in [-0.39, 0.29) is 23.9 Å². The number of carbonyl (C=O) groups excluding carboxylic acids is 2. The lowest BCUT2D eigenvalue weighted by molar-refractivity contribution is 0.0902.